The molecule has 3 atom stereocenters. The summed E-state index contributed by atoms with van der Waals surface area (Å²) >= 11 is 5.53. The number of methoxy groups -OCH3 is 1. The van der Waals surface area contributed by atoms with Crippen molar-refractivity contribution >= 4 is 22.8 Å². The minimum atomic E-state index is -0.288. The maximum absolute atomic E-state index is 12.6. The Morgan fingerprint density at radius 3 is 2.27 bits per heavy atom. The second-order valence-corrected chi connectivity index (χ2v) is 6.23. The lowest BCUT2D eigenvalue weighted by molar-refractivity contribution is -0.130. The Labute approximate surface area is 137 Å². The first-order chi connectivity index (χ1) is 10.3. The molecule has 0 aromatic carbocycles. The van der Waals surface area contributed by atoms with Crippen LogP contribution in [0, 0.1) is 5.41 Å². The van der Waals surface area contributed by atoms with Crippen molar-refractivity contribution < 1.29 is 9.53 Å². The van der Waals surface area contributed by atoms with Crippen molar-refractivity contribution in [3.05, 3.63) is 0 Å². The van der Waals surface area contributed by atoms with E-state index in [-0.39, 0.29) is 29.3 Å². The smallest absolute Gasteiger partial charge is 0.240 e. The largest absolute Gasteiger partial charge is 0.383 e. The minimum absolute atomic E-state index is 0.0475. The van der Waals surface area contributed by atoms with E-state index in [0.29, 0.717) is 6.61 Å². The van der Waals surface area contributed by atoms with Crippen LogP contribution in [0.15, 0.2) is 0 Å². The minimum Gasteiger partial charge on any atom is -0.383 e. The second-order valence-electron chi connectivity index (χ2n) is 5.85. The molecule has 1 fully saturated rings. The lowest BCUT2D eigenvalue weighted by Gasteiger charge is -2.37. The third kappa shape index (κ3) is 6.08. The van der Waals surface area contributed by atoms with Crippen LogP contribution in [-0.2, 0) is 9.53 Å². The Morgan fingerprint density at radius 1 is 1.23 bits per heavy atom. The van der Waals surface area contributed by atoms with E-state index in [9.17, 15) is 4.79 Å². The normalized spacial score (nSPS) is 21.0. The molecular weight excluding hydrogens is 306 g/mol. The Hall–Kier alpha value is -0.890. The molecule has 7 nitrogen and oxygen atoms in total. The van der Waals surface area contributed by atoms with E-state index in [1.54, 1.807) is 7.11 Å². The molecule has 0 saturated carbocycles. The van der Waals surface area contributed by atoms with Crippen molar-refractivity contribution in [1.29, 1.82) is 5.41 Å². The van der Waals surface area contributed by atoms with Gasteiger partial charge < -0.3 is 20.3 Å². The van der Waals surface area contributed by atoms with E-state index in [2.05, 4.69) is 27.5 Å². The first kappa shape index (κ1) is 19.2. The summed E-state index contributed by atoms with van der Waals surface area (Å²) in [5, 5.41) is 12.9. The topological polar surface area (TPSA) is 80.7 Å². The fourth-order valence-electron chi connectivity index (χ4n) is 2.41. The number of carbonyl (C=O) groups excluding carboxylic acids is 1. The van der Waals surface area contributed by atoms with Gasteiger partial charge in [0.15, 0.2) is 5.29 Å². The van der Waals surface area contributed by atoms with Crippen molar-refractivity contribution in [3.8, 4) is 0 Å². The number of hydrogen-bond acceptors (Lipinski definition) is 5. The average Bonchev–Trinajstić information content (AvgIpc) is 2.45. The molecule has 1 heterocycles. The van der Waals surface area contributed by atoms with Crippen LogP contribution in [0.25, 0.3) is 0 Å². The first-order valence-electron chi connectivity index (χ1n) is 7.57. The van der Waals surface area contributed by atoms with Crippen LogP contribution in [0.5, 0.6) is 0 Å². The van der Waals surface area contributed by atoms with E-state index < -0.39 is 0 Å². The number of halogens is 1. The summed E-state index contributed by atoms with van der Waals surface area (Å²) in [7, 11) is 3.69. The number of nitrogens with zero attached hydrogens (tertiary/aromatic N) is 2. The lowest BCUT2D eigenvalue weighted by Crippen LogP contribution is -2.58. The van der Waals surface area contributed by atoms with Crippen molar-refractivity contribution in [2.24, 2.45) is 0 Å². The Bertz CT molecular complexity index is 374. The Morgan fingerprint density at radius 2 is 1.77 bits per heavy atom. The van der Waals surface area contributed by atoms with Gasteiger partial charge in [-0.2, -0.15) is 0 Å². The third-order valence-electron chi connectivity index (χ3n) is 4.08. The molecule has 0 bridgehead atoms. The fraction of sp³-hybridized carbons (Fsp3) is 0.857. The number of nitrogens with one attached hydrogen (secondary N) is 3. The van der Waals surface area contributed by atoms with Gasteiger partial charge in [-0.15, -0.1) is 0 Å². The predicted molar refractivity (Wildman–Crippen MR) is 88.5 cm³/mol. The summed E-state index contributed by atoms with van der Waals surface area (Å²) in [4.78, 5) is 17.0. The van der Waals surface area contributed by atoms with Crippen molar-refractivity contribution in [1.82, 2.24) is 20.4 Å². The number of likely N-dealkylation sites (N-methyl/N-ethyl adjacent to an activating group) is 1. The zero-order chi connectivity index (χ0) is 16.7. The summed E-state index contributed by atoms with van der Waals surface area (Å²) < 4.78 is 5.22. The molecule has 0 aromatic heterocycles. The van der Waals surface area contributed by atoms with Gasteiger partial charge in [0.25, 0.3) is 0 Å². The monoisotopic (exact) mass is 333 g/mol. The molecule has 1 aliphatic rings. The molecular formula is C14H28ClN5O2. The maximum atomic E-state index is 12.6. The molecule has 1 amide bonds. The van der Waals surface area contributed by atoms with Gasteiger partial charge >= 0.3 is 0 Å². The number of hydrogen-bond donors (Lipinski definition) is 3. The van der Waals surface area contributed by atoms with Gasteiger partial charge in [-0.3, -0.25) is 15.1 Å². The Balaban J connectivity index is 2.59. The maximum Gasteiger partial charge on any atom is 0.240 e. The highest BCUT2D eigenvalue weighted by atomic mass is 35.5. The first-order valence-corrected chi connectivity index (χ1v) is 7.95. The van der Waals surface area contributed by atoms with Gasteiger partial charge in [0.1, 0.15) is 6.04 Å². The van der Waals surface area contributed by atoms with Crippen molar-refractivity contribution in [2.75, 3.05) is 46.9 Å². The second kappa shape index (κ2) is 9.29. The summed E-state index contributed by atoms with van der Waals surface area (Å²) in [5.41, 5.74) is 0. The van der Waals surface area contributed by atoms with E-state index in [4.69, 9.17) is 21.7 Å². The van der Waals surface area contributed by atoms with E-state index >= 15 is 0 Å². The molecule has 0 spiro atoms. The van der Waals surface area contributed by atoms with Gasteiger partial charge in [-0.05, 0) is 32.5 Å². The van der Waals surface area contributed by atoms with Crippen LogP contribution in [0.1, 0.15) is 13.8 Å². The van der Waals surface area contributed by atoms with Gasteiger partial charge in [0, 0.05) is 45.4 Å². The predicted octanol–water partition coefficient (Wildman–Crippen LogP) is -0.0948. The van der Waals surface area contributed by atoms with Crippen molar-refractivity contribution in [2.45, 2.75) is 32.0 Å². The SMILES string of the molecule is COC[C@H](C(=O)N[C@@H](C)C(C)NC(=N)Cl)N1CCN(C)CC1. The molecule has 0 radical (unpaired) electrons. The van der Waals surface area contributed by atoms with Crippen LogP contribution in [-0.4, -0.2) is 86.1 Å². The number of ether oxygens (including phenoxy) is 1. The average molecular weight is 334 g/mol. The highest BCUT2D eigenvalue weighted by molar-refractivity contribution is 6.63. The summed E-state index contributed by atoms with van der Waals surface area (Å²) in [6, 6.07) is -0.549. The highest BCUT2D eigenvalue weighted by Crippen LogP contribution is 2.07. The molecule has 1 saturated heterocycles. The number of carbonyl (C=O) groups is 1. The molecule has 3 N–H and O–H groups in total. The molecule has 0 aromatic rings. The van der Waals surface area contributed by atoms with E-state index in [1.807, 2.05) is 13.8 Å². The van der Waals surface area contributed by atoms with Crippen LogP contribution in [0.4, 0.5) is 0 Å². The molecule has 1 unspecified atom stereocenters. The zero-order valence-corrected chi connectivity index (χ0v) is 14.6. The van der Waals surface area contributed by atoms with Crippen molar-refractivity contribution in [3.63, 3.8) is 0 Å². The van der Waals surface area contributed by atoms with Gasteiger partial charge in [0.2, 0.25) is 5.91 Å². The molecule has 0 aliphatic carbocycles. The fourth-order valence-corrected chi connectivity index (χ4v) is 2.58. The number of amides is 1. The Kier molecular flexibility index (Phi) is 8.09. The molecule has 1 aliphatic heterocycles. The van der Waals surface area contributed by atoms with Gasteiger partial charge in [-0.25, -0.2) is 0 Å². The van der Waals surface area contributed by atoms with Crippen LogP contribution >= 0.6 is 11.6 Å². The molecule has 8 heteroatoms. The van der Waals surface area contributed by atoms with Gasteiger partial charge in [-0.1, -0.05) is 0 Å². The zero-order valence-electron chi connectivity index (χ0n) is 13.9. The summed E-state index contributed by atoms with van der Waals surface area (Å²) in [5.74, 6) is -0.0475. The summed E-state index contributed by atoms with van der Waals surface area (Å²) in [6.07, 6.45) is 0. The van der Waals surface area contributed by atoms with Gasteiger partial charge in [0.05, 0.1) is 6.61 Å². The number of amidine groups is 1. The number of rotatable bonds is 7. The van der Waals surface area contributed by atoms with E-state index in [0.717, 1.165) is 26.2 Å². The quantitative estimate of drug-likeness (QED) is 0.344. The standard InChI is InChI=1S/C14H28ClN5O2/c1-10(11(2)18-14(15)16)17-13(21)12(9-22-4)20-7-5-19(3)6-8-20/h10-12H,5-9H2,1-4H3,(H2,16,18)(H,17,21)/t10-,11?,12+/m0/s1. The summed E-state index contributed by atoms with van der Waals surface area (Å²) in [6.45, 7) is 7.75. The van der Waals surface area contributed by atoms with E-state index in [1.165, 1.54) is 0 Å². The number of piperazine rings is 1. The lowest BCUT2D eigenvalue weighted by atomic mass is 10.1. The molecule has 1 rings (SSSR count). The molecule has 128 valence electrons. The third-order valence-corrected chi connectivity index (χ3v) is 4.19. The van der Waals surface area contributed by atoms with Crippen LogP contribution < -0.4 is 10.6 Å². The highest BCUT2D eigenvalue weighted by Gasteiger charge is 2.29. The molecule has 22 heavy (non-hydrogen) atoms. The van der Waals surface area contributed by atoms with Crippen LogP contribution in [0.2, 0.25) is 0 Å². The van der Waals surface area contributed by atoms with Crippen LogP contribution in [0.3, 0.4) is 0 Å².